The number of halogens is 2. The van der Waals surface area contributed by atoms with E-state index in [2.05, 4.69) is 0 Å². The highest BCUT2D eigenvalue weighted by Crippen LogP contribution is 2.31. The zero-order chi connectivity index (χ0) is 13.1. The van der Waals surface area contributed by atoms with Crippen LogP contribution in [-0.4, -0.2) is 5.11 Å². The van der Waals surface area contributed by atoms with E-state index in [4.69, 9.17) is 0 Å². The van der Waals surface area contributed by atoms with Crippen LogP contribution >= 0.6 is 0 Å². The summed E-state index contributed by atoms with van der Waals surface area (Å²) in [6, 6.07) is 12.4. The molecule has 0 radical (unpaired) electrons. The molecule has 0 saturated carbocycles. The molecule has 0 aliphatic rings. The van der Waals surface area contributed by atoms with Crippen molar-refractivity contribution in [1.82, 2.24) is 0 Å². The van der Waals surface area contributed by atoms with Crippen LogP contribution in [0.2, 0.25) is 0 Å². The molecule has 3 heteroatoms. The van der Waals surface area contributed by atoms with Gasteiger partial charge in [-0.1, -0.05) is 37.3 Å². The molecular formula is C15H14F2O. The second-order valence-corrected chi connectivity index (χ2v) is 4.31. The van der Waals surface area contributed by atoms with E-state index >= 15 is 0 Å². The molecule has 0 spiro atoms. The first kappa shape index (κ1) is 12.7. The second kappa shape index (κ2) is 5.27. The minimum absolute atomic E-state index is 0.00801. The van der Waals surface area contributed by atoms with Crippen molar-refractivity contribution in [1.29, 1.82) is 0 Å². The Morgan fingerprint density at radius 3 is 2.33 bits per heavy atom. The Kier molecular flexibility index (Phi) is 3.72. The van der Waals surface area contributed by atoms with E-state index in [-0.39, 0.29) is 11.5 Å². The van der Waals surface area contributed by atoms with Gasteiger partial charge in [0.1, 0.15) is 11.6 Å². The molecule has 0 fully saturated rings. The highest BCUT2D eigenvalue weighted by molar-refractivity contribution is 5.27. The molecule has 2 rings (SSSR count). The quantitative estimate of drug-likeness (QED) is 0.875. The van der Waals surface area contributed by atoms with Crippen LogP contribution in [0.25, 0.3) is 0 Å². The van der Waals surface area contributed by atoms with Gasteiger partial charge in [-0.25, -0.2) is 8.78 Å². The standard InChI is InChI=1S/C15H14F2O/c1-10(11-5-3-2-4-6-11)15(18)13-9-12(16)7-8-14(13)17/h2-10,15,18H,1H3. The fraction of sp³-hybridized carbons (Fsp3) is 0.200. The Hall–Kier alpha value is -1.74. The lowest BCUT2D eigenvalue weighted by atomic mass is 9.90. The summed E-state index contributed by atoms with van der Waals surface area (Å²) in [6.07, 6.45) is -1.07. The molecule has 0 aliphatic heterocycles. The first-order valence-corrected chi connectivity index (χ1v) is 5.77. The van der Waals surface area contributed by atoms with Crippen LogP contribution in [0.15, 0.2) is 48.5 Å². The van der Waals surface area contributed by atoms with E-state index in [9.17, 15) is 13.9 Å². The monoisotopic (exact) mass is 248 g/mol. The predicted octanol–water partition coefficient (Wildman–Crippen LogP) is 3.80. The fourth-order valence-electron chi connectivity index (χ4n) is 1.95. The lowest BCUT2D eigenvalue weighted by molar-refractivity contribution is 0.147. The maximum Gasteiger partial charge on any atom is 0.129 e. The summed E-state index contributed by atoms with van der Waals surface area (Å²) in [5.41, 5.74) is 0.875. The molecule has 2 atom stereocenters. The first-order valence-electron chi connectivity index (χ1n) is 5.77. The van der Waals surface area contributed by atoms with Crippen molar-refractivity contribution in [3.63, 3.8) is 0 Å². The summed E-state index contributed by atoms with van der Waals surface area (Å²) >= 11 is 0. The number of rotatable bonds is 3. The van der Waals surface area contributed by atoms with Crippen molar-refractivity contribution < 1.29 is 13.9 Å². The van der Waals surface area contributed by atoms with Gasteiger partial charge in [-0.15, -0.1) is 0 Å². The van der Waals surface area contributed by atoms with E-state index < -0.39 is 17.7 Å². The SMILES string of the molecule is CC(c1ccccc1)C(O)c1cc(F)ccc1F. The smallest absolute Gasteiger partial charge is 0.129 e. The van der Waals surface area contributed by atoms with Crippen LogP contribution in [0, 0.1) is 11.6 Å². The van der Waals surface area contributed by atoms with Gasteiger partial charge in [0.25, 0.3) is 0 Å². The van der Waals surface area contributed by atoms with Crippen LogP contribution in [-0.2, 0) is 0 Å². The highest BCUT2D eigenvalue weighted by Gasteiger charge is 2.21. The molecule has 1 nitrogen and oxygen atoms in total. The van der Waals surface area contributed by atoms with Gasteiger partial charge in [0.05, 0.1) is 6.10 Å². The molecule has 18 heavy (non-hydrogen) atoms. The molecular weight excluding hydrogens is 234 g/mol. The third-order valence-corrected chi connectivity index (χ3v) is 3.08. The highest BCUT2D eigenvalue weighted by atomic mass is 19.1. The normalized spacial score (nSPS) is 14.2. The van der Waals surface area contributed by atoms with E-state index in [1.807, 2.05) is 30.3 Å². The number of hydrogen-bond acceptors (Lipinski definition) is 1. The molecule has 94 valence electrons. The summed E-state index contributed by atoms with van der Waals surface area (Å²) in [5, 5.41) is 10.1. The molecule has 0 aromatic heterocycles. The van der Waals surface area contributed by atoms with Crippen LogP contribution in [0.4, 0.5) is 8.78 Å². The second-order valence-electron chi connectivity index (χ2n) is 4.31. The van der Waals surface area contributed by atoms with Gasteiger partial charge in [0, 0.05) is 11.5 Å². The fourth-order valence-corrected chi connectivity index (χ4v) is 1.95. The molecule has 0 amide bonds. The molecule has 2 aromatic carbocycles. The van der Waals surface area contributed by atoms with Crippen LogP contribution in [0.3, 0.4) is 0 Å². The Balaban J connectivity index is 2.31. The summed E-state index contributed by atoms with van der Waals surface area (Å²) < 4.78 is 26.7. The van der Waals surface area contributed by atoms with Crippen LogP contribution in [0.1, 0.15) is 30.1 Å². The molecule has 0 aliphatic carbocycles. The Labute approximate surface area is 105 Å². The minimum atomic E-state index is -1.07. The Morgan fingerprint density at radius 2 is 1.67 bits per heavy atom. The third-order valence-electron chi connectivity index (χ3n) is 3.08. The third kappa shape index (κ3) is 2.57. The van der Waals surface area contributed by atoms with E-state index in [0.717, 1.165) is 23.8 Å². The molecule has 1 N–H and O–H groups in total. The topological polar surface area (TPSA) is 20.2 Å². The lowest BCUT2D eigenvalue weighted by Gasteiger charge is -2.20. The van der Waals surface area contributed by atoms with Crippen molar-refractivity contribution in [2.75, 3.05) is 0 Å². The van der Waals surface area contributed by atoms with Gasteiger partial charge >= 0.3 is 0 Å². The molecule has 0 bridgehead atoms. The predicted molar refractivity (Wildman–Crippen MR) is 66.2 cm³/mol. The maximum atomic E-state index is 13.6. The maximum absolute atomic E-state index is 13.6. The summed E-state index contributed by atoms with van der Waals surface area (Å²) in [5.74, 6) is -1.44. The summed E-state index contributed by atoms with van der Waals surface area (Å²) in [6.45, 7) is 1.78. The lowest BCUT2D eigenvalue weighted by Crippen LogP contribution is -2.10. The number of benzene rings is 2. The minimum Gasteiger partial charge on any atom is -0.388 e. The largest absolute Gasteiger partial charge is 0.388 e. The number of hydrogen-bond donors (Lipinski definition) is 1. The Morgan fingerprint density at radius 1 is 1.00 bits per heavy atom. The van der Waals surface area contributed by atoms with Crippen LogP contribution < -0.4 is 0 Å². The van der Waals surface area contributed by atoms with Gasteiger partial charge < -0.3 is 5.11 Å². The molecule has 0 heterocycles. The van der Waals surface area contributed by atoms with Gasteiger partial charge in [-0.05, 0) is 23.8 Å². The molecule has 2 aromatic rings. The van der Waals surface area contributed by atoms with Crippen molar-refractivity contribution in [3.8, 4) is 0 Å². The van der Waals surface area contributed by atoms with E-state index in [0.29, 0.717) is 0 Å². The Bertz CT molecular complexity index is 525. The number of aliphatic hydroxyl groups is 1. The zero-order valence-corrected chi connectivity index (χ0v) is 9.98. The number of aliphatic hydroxyl groups excluding tert-OH is 1. The van der Waals surface area contributed by atoms with Gasteiger partial charge in [-0.3, -0.25) is 0 Å². The van der Waals surface area contributed by atoms with Gasteiger partial charge in [0.15, 0.2) is 0 Å². The van der Waals surface area contributed by atoms with Crippen molar-refractivity contribution in [2.24, 2.45) is 0 Å². The van der Waals surface area contributed by atoms with Gasteiger partial charge in [0.2, 0.25) is 0 Å². The van der Waals surface area contributed by atoms with E-state index in [1.165, 1.54) is 0 Å². The molecule has 0 saturated heterocycles. The zero-order valence-electron chi connectivity index (χ0n) is 9.98. The van der Waals surface area contributed by atoms with Crippen molar-refractivity contribution in [2.45, 2.75) is 18.9 Å². The first-order chi connectivity index (χ1) is 8.59. The molecule has 2 unspecified atom stereocenters. The summed E-state index contributed by atoms with van der Waals surface area (Å²) in [7, 11) is 0. The van der Waals surface area contributed by atoms with Gasteiger partial charge in [-0.2, -0.15) is 0 Å². The average Bonchev–Trinajstić information content (AvgIpc) is 2.41. The average molecular weight is 248 g/mol. The van der Waals surface area contributed by atoms with Crippen molar-refractivity contribution >= 4 is 0 Å². The summed E-state index contributed by atoms with van der Waals surface area (Å²) in [4.78, 5) is 0. The van der Waals surface area contributed by atoms with E-state index in [1.54, 1.807) is 6.92 Å². The van der Waals surface area contributed by atoms with Crippen molar-refractivity contribution in [3.05, 3.63) is 71.3 Å². The van der Waals surface area contributed by atoms with Crippen LogP contribution in [0.5, 0.6) is 0 Å².